The molecule has 0 radical (unpaired) electrons. The molecule has 0 N–H and O–H groups in total. The van der Waals surface area contributed by atoms with Crippen molar-refractivity contribution in [2.45, 2.75) is 20.2 Å². The molecule has 0 aromatic heterocycles. The van der Waals surface area contributed by atoms with Gasteiger partial charge < -0.3 is 0 Å². The molecular formula is C16H14O. The smallest absolute Gasteiger partial charge is 0.193 e. The number of aryl methyl sites for hydroxylation is 2. The van der Waals surface area contributed by atoms with Crippen molar-refractivity contribution in [2.24, 2.45) is 0 Å². The van der Waals surface area contributed by atoms with Gasteiger partial charge in [-0.15, -0.1) is 0 Å². The van der Waals surface area contributed by atoms with Crippen molar-refractivity contribution in [1.29, 1.82) is 0 Å². The van der Waals surface area contributed by atoms with Crippen LogP contribution in [0.2, 0.25) is 0 Å². The molecule has 0 bridgehead atoms. The Bertz CT molecular complexity index is 722. The average Bonchev–Trinajstić information content (AvgIpc) is 2.46. The van der Waals surface area contributed by atoms with Crippen molar-refractivity contribution in [3.05, 3.63) is 69.8 Å². The van der Waals surface area contributed by atoms with Crippen LogP contribution in [0.1, 0.15) is 43.7 Å². The summed E-state index contributed by atoms with van der Waals surface area (Å²) in [6.07, 6.45) is 0.474. The van der Waals surface area contributed by atoms with Crippen LogP contribution in [0, 0.1) is 13.8 Å². The molecule has 2 aromatic rings. The average molecular weight is 226 g/mol. The maximum Gasteiger partial charge on any atom is 0.193 e. The fourth-order valence-corrected chi connectivity index (χ4v) is 2.36. The normalized spacial score (nSPS) is 16.9. The Balaban J connectivity index is 2.29. The molecule has 2 aromatic carbocycles. The predicted octanol–water partition coefficient (Wildman–Crippen LogP) is 3.44. The van der Waals surface area contributed by atoms with Crippen LogP contribution in [-0.4, -0.2) is 5.78 Å². The Morgan fingerprint density at radius 2 is 1.82 bits per heavy atom. The zero-order chi connectivity index (χ0) is 15.1. The molecule has 0 saturated heterocycles. The predicted molar refractivity (Wildman–Crippen MR) is 68.6 cm³/mol. The molecule has 0 aliphatic heterocycles. The number of benzene rings is 2. The van der Waals surface area contributed by atoms with Crippen LogP contribution >= 0.6 is 0 Å². The van der Waals surface area contributed by atoms with Crippen LogP contribution in [0.5, 0.6) is 0 Å². The van der Waals surface area contributed by atoms with Crippen LogP contribution in [-0.2, 0) is 6.42 Å². The monoisotopic (exact) mass is 226 g/mol. The summed E-state index contributed by atoms with van der Waals surface area (Å²) in [6, 6.07) is 10.4. The van der Waals surface area contributed by atoms with Gasteiger partial charge in [0.15, 0.2) is 5.78 Å². The summed E-state index contributed by atoms with van der Waals surface area (Å²) in [5.41, 5.74) is 3.30. The second-order valence-corrected chi connectivity index (χ2v) is 4.26. The number of hydrogen-bond donors (Lipinski definition) is 0. The van der Waals surface area contributed by atoms with Crippen molar-refractivity contribution in [2.75, 3.05) is 0 Å². The van der Waals surface area contributed by atoms with E-state index in [4.69, 9.17) is 5.48 Å². The van der Waals surface area contributed by atoms with E-state index in [-0.39, 0.29) is 5.78 Å². The minimum Gasteiger partial charge on any atom is -0.289 e. The lowest BCUT2D eigenvalue weighted by molar-refractivity contribution is 0.103. The number of carbonyl (C=O) groups is 1. The third-order valence-corrected chi connectivity index (χ3v) is 3.24. The molecule has 17 heavy (non-hydrogen) atoms. The minimum atomic E-state index is -1.25. The van der Waals surface area contributed by atoms with Crippen molar-refractivity contribution in [3.8, 4) is 0 Å². The Kier molecular flexibility index (Phi) is 1.41. The van der Waals surface area contributed by atoms with Gasteiger partial charge in [0.05, 0.1) is 0 Å². The van der Waals surface area contributed by atoms with E-state index in [1.807, 2.05) is 12.1 Å². The lowest BCUT2D eigenvalue weighted by atomic mass is 9.81. The number of fused-ring (bicyclic) bond motifs is 2. The molecule has 1 aliphatic carbocycles. The van der Waals surface area contributed by atoms with Gasteiger partial charge in [-0.2, -0.15) is 0 Å². The molecule has 0 unspecified atom stereocenters. The zero-order valence-corrected chi connectivity index (χ0v) is 9.23. The summed E-state index contributed by atoms with van der Waals surface area (Å²) >= 11 is 0. The van der Waals surface area contributed by atoms with Crippen molar-refractivity contribution >= 4 is 5.78 Å². The molecule has 0 fully saturated rings. The first-order valence-electron chi connectivity index (χ1n) is 7.79. The van der Waals surface area contributed by atoms with Gasteiger partial charge in [-0.25, -0.2) is 0 Å². The molecule has 84 valence electrons. The fourth-order valence-electron chi connectivity index (χ4n) is 2.36. The van der Waals surface area contributed by atoms with E-state index < -0.39 is 13.8 Å². The highest BCUT2D eigenvalue weighted by atomic mass is 16.1. The summed E-state index contributed by atoms with van der Waals surface area (Å²) in [6.45, 7) is -2.43. The first-order valence-corrected chi connectivity index (χ1v) is 5.48. The van der Waals surface area contributed by atoms with Crippen molar-refractivity contribution in [1.82, 2.24) is 0 Å². The topological polar surface area (TPSA) is 17.1 Å². The van der Waals surface area contributed by atoms with Gasteiger partial charge in [-0.1, -0.05) is 36.4 Å². The van der Waals surface area contributed by atoms with Crippen molar-refractivity contribution < 1.29 is 10.3 Å². The van der Waals surface area contributed by atoms with Gasteiger partial charge in [-0.3, -0.25) is 4.79 Å². The minimum absolute atomic E-state index is 0.200. The number of carbonyl (C=O) groups excluding carboxylic acids is 1. The summed E-state index contributed by atoms with van der Waals surface area (Å²) in [4.78, 5) is 12.7. The molecule has 0 heterocycles. The molecule has 3 rings (SSSR count). The lowest BCUT2D eigenvalue weighted by Gasteiger charge is -2.21. The maximum atomic E-state index is 12.7. The van der Waals surface area contributed by atoms with Crippen LogP contribution in [0.25, 0.3) is 0 Å². The summed E-state index contributed by atoms with van der Waals surface area (Å²) < 4.78 is 30.6. The van der Waals surface area contributed by atoms with Gasteiger partial charge in [0.2, 0.25) is 0 Å². The fraction of sp³-hybridized carbons (Fsp3) is 0.188. The summed E-state index contributed by atoms with van der Waals surface area (Å²) in [5, 5.41) is 0. The summed E-state index contributed by atoms with van der Waals surface area (Å²) in [5.74, 6) is -0.200. The quantitative estimate of drug-likeness (QED) is 0.574. The van der Waals surface area contributed by atoms with Crippen LogP contribution in [0.4, 0.5) is 0 Å². The van der Waals surface area contributed by atoms with E-state index in [2.05, 4.69) is 0 Å². The number of hydrogen-bond acceptors (Lipinski definition) is 1. The van der Waals surface area contributed by atoms with E-state index in [1.54, 1.807) is 24.3 Å². The van der Waals surface area contributed by atoms with Crippen LogP contribution in [0.15, 0.2) is 36.4 Å². The van der Waals surface area contributed by atoms with E-state index in [0.717, 1.165) is 5.56 Å². The largest absolute Gasteiger partial charge is 0.289 e. The van der Waals surface area contributed by atoms with Crippen LogP contribution in [0.3, 0.4) is 0 Å². The zero-order valence-electron chi connectivity index (χ0n) is 13.2. The molecular weight excluding hydrogens is 208 g/mol. The van der Waals surface area contributed by atoms with E-state index in [9.17, 15) is 4.79 Å². The SMILES string of the molecule is [2H]C([2H])c1ccc(C([2H])[2H])c2c1Cc1ccccc1C2=O. The van der Waals surface area contributed by atoms with E-state index in [0.29, 0.717) is 34.2 Å². The molecule has 0 saturated carbocycles. The number of rotatable bonds is 0. The van der Waals surface area contributed by atoms with E-state index in [1.165, 1.54) is 0 Å². The Labute approximate surface area is 107 Å². The van der Waals surface area contributed by atoms with Gasteiger partial charge in [0, 0.05) is 16.6 Å². The third-order valence-electron chi connectivity index (χ3n) is 3.24. The van der Waals surface area contributed by atoms with Gasteiger partial charge in [0.1, 0.15) is 0 Å². The lowest BCUT2D eigenvalue weighted by Crippen LogP contribution is -2.17. The Hall–Kier alpha value is -1.89. The molecule has 1 nitrogen and oxygen atoms in total. The van der Waals surface area contributed by atoms with Gasteiger partial charge in [-0.05, 0) is 42.4 Å². The molecule has 0 spiro atoms. The Morgan fingerprint density at radius 3 is 2.65 bits per heavy atom. The highest BCUT2D eigenvalue weighted by molar-refractivity contribution is 6.13. The molecule has 0 amide bonds. The highest BCUT2D eigenvalue weighted by Crippen LogP contribution is 2.30. The second-order valence-electron chi connectivity index (χ2n) is 4.26. The van der Waals surface area contributed by atoms with Gasteiger partial charge in [0.25, 0.3) is 0 Å². The molecule has 1 aliphatic rings. The Morgan fingerprint density at radius 1 is 1.06 bits per heavy atom. The summed E-state index contributed by atoms with van der Waals surface area (Å²) in [7, 11) is 0. The standard InChI is InChI=1S/C16H14O/c1-10-7-8-11(2)15-14(10)9-12-5-3-4-6-13(12)16(15)17/h3-8H,9H2,1-2H3/i1D2,2D2. The second kappa shape index (κ2) is 3.56. The van der Waals surface area contributed by atoms with E-state index >= 15 is 0 Å². The van der Waals surface area contributed by atoms with Crippen LogP contribution < -0.4 is 0 Å². The molecule has 1 heteroatoms. The molecule has 0 atom stereocenters. The first kappa shape index (κ1) is 6.75. The number of ketones is 1. The van der Waals surface area contributed by atoms with Crippen molar-refractivity contribution in [3.63, 3.8) is 0 Å². The third kappa shape index (κ3) is 1.42. The highest BCUT2D eigenvalue weighted by Gasteiger charge is 2.25. The first-order chi connectivity index (χ1) is 10.0. The van der Waals surface area contributed by atoms with Gasteiger partial charge >= 0.3 is 0 Å². The maximum absolute atomic E-state index is 12.7.